The van der Waals surface area contributed by atoms with Crippen molar-refractivity contribution in [2.75, 3.05) is 0 Å². The van der Waals surface area contributed by atoms with Gasteiger partial charge in [0.2, 0.25) is 0 Å². The molecule has 0 aliphatic carbocycles. The van der Waals surface area contributed by atoms with Crippen molar-refractivity contribution in [1.82, 2.24) is 20.2 Å². The number of para-hydroxylation sites is 1. The Bertz CT molecular complexity index is 868. The molecule has 1 heterocycles. The van der Waals surface area contributed by atoms with Crippen molar-refractivity contribution in [3.63, 3.8) is 0 Å². The Labute approximate surface area is 131 Å². The van der Waals surface area contributed by atoms with Crippen LogP contribution in [0.3, 0.4) is 0 Å². The lowest BCUT2D eigenvalue weighted by Gasteiger charge is -2.09. The van der Waals surface area contributed by atoms with Gasteiger partial charge in [-0.2, -0.15) is 9.94 Å². The second kappa shape index (κ2) is 6.49. The highest BCUT2D eigenvalue weighted by Crippen LogP contribution is 2.16. The summed E-state index contributed by atoms with van der Waals surface area (Å²) in [5.74, 6) is -0.510. The van der Waals surface area contributed by atoms with Crippen LogP contribution in [0.15, 0.2) is 54.9 Å². The molecule has 1 aromatic heterocycles. The lowest BCUT2D eigenvalue weighted by molar-refractivity contribution is 0.0472. The molecule has 2 aromatic carbocycles. The maximum absolute atomic E-state index is 12.3. The lowest BCUT2D eigenvalue weighted by Crippen LogP contribution is -2.10. The standard InChI is InChI=1S/C16H11N5O2/c17-9-12-5-1-2-6-13(12)10-23-16(22)14-7-3-4-8-15(14)21-11-18-19-20-21/h1-8,11H,10H2. The fourth-order valence-electron chi connectivity index (χ4n) is 2.09. The molecule has 112 valence electrons. The zero-order valence-electron chi connectivity index (χ0n) is 12.0. The molecule has 7 nitrogen and oxygen atoms in total. The molecule has 0 aliphatic rings. The Balaban J connectivity index is 1.81. The van der Waals surface area contributed by atoms with E-state index in [1.54, 1.807) is 48.5 Å². The number of aromatic nitrogens is 4. The molecule has 0 aliphatic heterocycles. The van der Waals surface area contributed by atoms with Crippen LogP contribution in [-0.2, 0) is 11.3 Å². The van der Waals surface area contributed by atoms with E-state index in [-0.39, 0.29) is 6.61 Å². The molecule has 3 rings (SSSR count). The summed E-state index contributed by atoms with van der Waals surface area (Å²) in [7, 11) is 0. The summed E-state index contributed by atoms with van der Waals surface area (Å²) in [6, 6.07) is 15.9. The predicted octanol–water partition coefficient (Wildman–Crippen LogP) is 1.89. The molecule has 0 saturated heterocycles. The monoisotopic (exact) mass is 305 g/mol. The minimum absolute atomic E-state index is 0.0203. The SMILES string of the molecule is N#Cc1ccccc1COC(=O)c1ccccc1-n1cnnn1. The number of hydrogen-bond acceptors (Lipinski definition) is 6. The molecule has 0 amide bonds. The summed E-state index contributed by atoms with van der Waals surface area (Å²) in [5, 5.41) is 20.0. The van der Waals surface area contributed by atoms with Gasteiger partial charge in [0.05, 0.1) is 22.9 Å². The minimum Gasteiger partial charge on any atom is -0.457 e. The van der Waals surface area contributed by atoms with Gasteiger partial charge < -0.3 is 4.74 Å². The summed E-state index contributed by atoms with van der Waals surface area (Å²) in [4.78, 5) is 12.3. The summed E-state index contributed by atoms with van der Waals surface area (Å²) < 4.78 is 6.71. The van der Waals surface area contributed by atoms with Gasteiger partial charge in [-0.25, -0.2) is 4.79 Å². The molecule has 23 heavy (non-hydrogen) atoms. The van der Waals surface area contributed by atoms with Crippen LogP contribution in [0.5, 0.6) is 0 Å². The van der Waals surface area contributed by atoms with E-state index in [1.165, 1.54) is 11.0 Å². The van der Waals surface area contributed by atoms with Crippen LogP contribution in [0, 0.1) is 11.3 Å². The van der Waals surface area contributed by atoms with Gasteiger partial charge >= 0.3 is 5.97 Å². The van der Waals surface area contributed by atoms with E-state index in [0.29, 0.717) is 22.4 Å². The number of carbonyl (C=O) groups excluding carboxylic acids is 1. The van der Waals surface area contributed by atoms with Crippen LogP contribution in [0.1, 0.15) is 21.5 Å². The van der Waals surface area contributed by atoms with Gasteiger partial charge in [-0.05, 0) is 28.6 Å². The van der Waals surface area contributed by atoms with E-state index >= 15 is 0 Å². The molecule has 0 radical (unpaired) electrons. The van der Waals surface area contributed by atoms with Crippen molar-refractivity contribution in [2.45, 2.75) is 6.61 Å². The maximum atomic E-state index is 12.3. The van der Waals surface area contributed by atoms with Gasteiger partial charge in [-0.1, -0.05) is 30.3 Å². The number of tetrazole rings is 1. The predicted molar refractivity (Wildman–Crippen MR) is 79.4 cm³/mol. The second-order valence-corrected chi connectivity index (χ2v) is 4.62. The number of nitriles is 1. The number of nitrogens with zero attached hydrogens (tertiary/aromatic N) is 5. The molecule has 0 N–H and O–H groups in total. The summed E-state index contributed by atoms with van der Waals surface area (Å²) in [6.07, 6.45) is 1.40. The maximum Gasteiger partial charge on any atom is 0.340 e. The Morgan fingerprint density at radius 2 is 1.96 bits per heavy atom. The van der Waals surface area contributed by atoms with E-state index in [4.69, 9.17) is 10.00 Å². The van der Waals surface area contributed by atoms with E-state index in [2.05, 4.69) is 21.6 Å². The first-order chi connectivity index (χ1) is 11.3. The van der Waals surface area contributed by atoms with Crippen LogP contribution in [0.2, 0.25) is 0 Å². The summed E-state index contributed by atoms with van der Waals surface area (Å²) in [5.41, 5.74) is 2.00. The quantitative estimate of drug-likeness (QED) is 0.683. The lowest BCUT2D eigenvalue weighted by atomic mass is 10.1. The van der Waals surface area contributed by atoms with Crippen molar-refractivity contribution in [1.29, 1.82) is 5.26 Å². The van der Waals surface area contributed by atoms with Gasteiger partial charge in [-0.15, -0.1) is 5.10 Å². The number of ether oxygens (including phenoxy) is 1. The number of esters is 1. The number of rotatable bonds is 4. The van der Waals surface area contributed by atoms with Crippen LogP contribution in [0.4, 0.5) is 0 Å². The Morgan fingerprint density at radius 1 is 1.17 bits per heavy atom. The number of hydrogen-bond donors (Lipinski definition) is 0. The largest absolute Gasteiger partial charge is 0.457 e. The van der Waals surface area contributed by atoms with Gasteiger partial charge in [0.25, 0.3) is 0 Å². The van der Waals surface area contributed by atoms with Gasteiger partial charge in [-0.3, -0.25) is 0 Å². The Morgan fingerprint density at radius 3 is 2.74 bits per heavy atom. The molecular weight excluding hydrogens is 294 g/mol. The van der Waals surface area contributed by atoms with Crippen LogP contribution >= 0.6 is 0 Å². The molecule has 0 atom stereocenters. The van der Waals surface area contributed by atoms with Crippen LogP contribution < -0.4 is 0 Å². The normalized spacial score (nSPS) is 10.0. The highest BCUT2D eigenvalue weighted by Gasteiger charge is 2.15. The van der Waals surface area contributed by atoms with Crippen molar-refractivity contribution < 1.29 is 9.53 Å². The Kier molecular flexibility index (Phi) is 4.07. The average molecular weight is 305 g/mol. The highest BCUT2D eigenvalue weighted by molar-refractivity contribution is 5.93. The zero-order valence-corrected chi connectivity index (χ0v) is 12.0. The molecule has 3 aromatic rings. The fraction of sp³-hybridized carbons (Fsp3) is 0.0625. The van der Waals surface area contributed by atoms with Gasteiger partial charge in [0, 0.05) is 5.56 Å². The third-order valence-corrected chi connectivity index (χ3v) is 3.22. The van der Waals surface area contributed by atoms with Crippen molar-refractivity contribution in [2.24, 2.45) is 0 Å². The second-order valence-electron chi connectivity index (χ2n) is 4.62. The molecule has 0 saturated carbocycles. The molecule has 7 heteroatoms. The third-order valence-electron chi connectivity index (χ3n) is 3.22. The van der Waals surface area contributed by atoms with E-state index < -0.39 is 5.97 Å². The summed E-state index contributed by atoms with van der Waals surface area (Å²) >= 11 is 0. The number of benzene rings is 2. The summed E-state index contributed by atoms with van der Waals surface area (Å²) in [6.45, 7) is 0.0203. The van der Waals surface area contributed by atoms with E-state index in [9.17, 15) is 4.79 Å². The minimum atomic E-state index is -0.510. The molecule has 0 spiro atoms. The van der Waals surface area contributed by atoms with Gasteiger partial charge in [0.15, 0.2) is 0 Å². The molecule has 0 bridgehead atoms. The topological polar surface area (TPSA) is 93.7 Å². The first-order valence-electron chi connectivity index (χ1n) is 6.77. The molecule has 0 fully saturated rings. The van der Waals surface area contributed by atoms with Crippen molar-refractivity contribution in [3.8, 4) is 11.8 Å². The van der Waals surface area contributed by atoms with Crippen molar-refractivity contribution in [3.05, 3.63) is 71.5 Å². The molecular formula is C16H11N5O2. The third kappa shape index (κ3) is 3.06. The fourth-order valence-corrected chi connectivity index (χ4v) is 2.09. The van der Waals surface area contributed by atoms with Crippen LogP contribution in [0.25, 0.3) is 5.69 Å². The highest BCUT2D eigenvalue weighted by atomic mass is 16.5. The van der Waals surface area contributed by atoms with E-state index in [0.717, 1.165) is 0 Å². The zero-order chi connectivity index (χ0) is 16.1. The smallest absolute Gasteiger partial charge is 0.340 e. The van der Waals surface area contributed by atoms with E-state index in [1.807, 2.05) is 0 Å². The van der Waals surface area contributed by atoms with Crippen molar-refractivity contribution >= 4 is 5.97 Å². The average Bonchev–Trinajstić information content (AvgIpc) is 3.14. The molecule has 0 unspecified atom stereocenters. The van der Waals surface area contributed by atoms with Crippen LogP contribution in [-0.4, -0.2) is 26.2 Å². The van der Waals surface area contributed by atoms with Gasteiger partial charge in [0.1, 0.15) is 12.9 Å². The number of carbonyl (C=O) groups is 1. The first kappa shape index (κ1) is 14.4. The Hall–Kier alpha value is -3.53. The first-order valence-corrected chi connectivity index (χ1v) is 6.77.